The summed E-state index contributed by atoms with van der Waals surface area (Å²) < 4.78 is 12.1. The predicted octanol–water partition coefficient (Wildman–Crippen LogP) is 7.92. The van der Waals surface area contributed by atoms with Crippen LogP contribution in [0.3, 0.4) is 0 Å². The van der Waals surface area contributed by atoms with Crippen molar-refractivity contribution in [2.75, 3.05) is 43.1 Å². The fourth-order valence-corrected chi connectivity index (χ4v) is 6.80. The van der Waals surface area contributed by atoms with Crippen molar-refractivity contribution in [3.8, 4) is 22.6 Å². The third-order valence-corrected chi connectivity index (χ3v) is 9.00. The molecule has 206 valence electrons. The first-order chi connectivity index (χ1) is 19.3. The molecule has 1 fully saturated rings. The Balaban J connectivity index is 1.32. The zero-order valence-corrected chi connectivity index (χ0v) is 24.6. The van der Waals surface area contributed by atoms with Gasteiger partial charge >= 0.3 is 0 Å². The maximum atomic E-state index is 6.77. The number of piperazine rings is 1. The normalized spacial score (nSPS) is 17.9. The number of nitrogens with zero attached hydrogens (tertiary/aromatic N) is 2. The van der Waals surface area contributed by atoms with Crippen LogP contribution < -0.4 is 19.3 Å². The van der Waals surface area contributed by atoms with Gasteiger partial charge in [-0.1, -0.05) is 54.6 Å². The maximum absolute atomic E-state index is 6.77. The molecule has 0 aliphatic carbocycles. The smallest absolute Gasteiger partial charge is 0.127 e. The molecule has 0 spiro atoms. The van der Waals surface area contributed by atoms with Crippen LogP contribution in [0.4, 0.5) is 11.4 Å². The molecule has 0 amide bonds. The van der Waals surface area contributed by atoms with Gasteiger partial charge in [0, 0.05) is 43.1 Å². The minimum Gasteiger partial charge on any atom is -0.497 e. The lowest BCUT2D eigenvalue weighted by atomic mass is 9.78. The van der Waals surface area contributed by atoms with E-state index in [-0.39, 0.29) is 11.5 Å². The minimum atomic E-state index is -0.329. The summed E-state index contributed by atoms with van der Waals surface area (Å²) in [7, 11) is 1.72. The van der Waals surface area contributed by atoms with E-state index in [1.165, 1.54) is 50.3 Å². The van der Waals surface area contributed by atoms with E-state index < -0.39 is 0 Å². The Hall–Kier alpha value is -3.92. The fraction of sp³-hybridized carbons (Fsp3) is 0.333. The van der Waals surface area contributed by atoms with E-state index in [2.05, 4.69) is 111 Å². The lowest BCUT2D eigenvalue weighted by molar-refractivity contribution is 0.121. The number of rotatable bonds is 5. The second kappa shape index (κ2) is 10.2. The van der Waals surface area contributed by atoms with E-state index in [9.17, 15) is 0 Å². The number of hydrogen-bond acceptors (Lipinski definition) is 4. The Morgan fingerprint density at radius 3 is 1.93 bits per heavy atom. The number of hydrogen-bond donors (Lipinski definition) is 0. The summed E-state index contributed by atoms with van der Waals surface area (Å²) in [4.78, 5) is 5.07. The first-order valence-corrected chi connectivity index (χ1v) is 14.4. The van der Waals surface area contributed by atoms with Crippen molar-refractivity contribution in [3.63, 3.8) is 0 Å². The molecule has 1 saturated heterocycles. The topological polar surface area (TPSA) is 24.9 Å². The molecule has 4 aromatic rings. The quantitative estimate of drug-likeness (QED) is 0.261. The molecular weight excluding hydrogens is 492 g/mol. The lowest BCUT2D eigenvalue weighted by Gasteiger charge is -2.39. The van der Waals surface area contributed by atoms with E-state index in [4.69, 9.17) is 9.47 Å². The molecule has 4 heteroatoms. The van der Waals surface area contributed by atoms with Crippen LogP contribution in [0.25, 0.3) is 11.1 Å². The summed E-state index contributed by atoms with van der Waals surface area (Å²) in [5, 5.41) is 0. The van der Waals surface area contributed by atoms with Gasteiger partial charge in [0.05, 0.1) is 13.0 Å². The zero-order chi connectivity index (χ0) is 28.0. The predicted molar refractivity (Wildman–Crippen MR) is 167 cm³/mol. The first-order valence-electron chi connectivity index (χ1n) is 14.4. The van der Waals surface area contributed by atoms with Crippen molar-refractivity contribution in [1.82, 2.24) is 0 Å². The van der Waals surface area contributed by atoms with Crippen LogP contribution in [-0.4, -0.2) is 38.9 Å². The Labute approximate surface area is 239 Å². The first kappa shape index (κ1) is 26.3. The molecular formula is C36H40N2O2. The number of anilines is 2. The van der Waals surface area contributed by atoms with Gasteiger partial charge in [-0.25, -0.2) is 0 Å². The van der Waals surface area contributed by atoms with Crippen LogP contribution in [0.1, 0.15) is 47.6 Å². The average Bonchev–Trinajstić information content (AvgIpc) is 3.28. The van der Waals surface area contributed by atoms with Crippen LogP contribution in [0.2, 0.25) is 0 Å². The molecule has 1 atom stereocenters. The number of ether oxygens (including phenoxy) is 2. The molecule has 4 nitrogen and oxygen atoms in total. The van der Waals surface area contributed by atoms with Crippen molar-refractivity contribution in [2.45, 2.75) is 46.1 Å². The SMILES string of the molecule is COc1ccc(N2CCN(c3c(C)c(C)c4c(c3C)C(c3ccc(-c5ccccc5)cc3)C(C)(C)O4)CC2)cc1. The molecule has 1 unspecified atom stereocenters. The maximum Gasteiger partial charge on any atom is 0.127 e. The molecule has 2 aliphatic rings. The molecule has 4 aromatic carbocycles. The number of fused-ring (bicyclic) bond motifs is 1. The van der Waals surface area contributed by atoms with Crippen molar-refractivity contribution >= 4 is 11.4 Å². The second-order valence-electron chi connectivity index (χ2n) is 11.8. The van der Waals surface area contributed by atoms with Crippen molar-refractivity contribution < 1.29 is 9.47 Å². The summed E-state index contributed by atoms with van der Waals surface area (Å²) in [6.07, 6.45) is 0. The highest BCUT2D eigenvalue weighted by Gasteiger charge is 2.45. The third-order valence-electron chi connectivity index (χ3n) is 9.00. The minimum absolute atomic E-state index is 0.172. The fourth-order valence-electron chi connectivity index (χ4n) is 6.80. The van der Waals surface area contributed by atoms with E-state index in [0.717, 1.165) is 37.7 Å². The summed E-state index contributed by atoms with van der Waals surface area (Å²) in [6, 6.07) is 28.1. The van der Waals surface area contributed by atoms with E-state index in [0.29, 0.717) is 0 Å². The van der Waals surface area contributed by atoms with Crippen molar-refractivity contribution in [3.05, 3.63) is 107 Å². The molecule has 0 aromatic heterocycles. The summed E-state index contributed by atoms with van der Waals surface area (Å²) in [5.41, 5.74) is 11.4. The van der Waals surface area contributed by atoms with Crippen LogP contribution in [0.15, 0.2) is 78.9 Å². The largest absolute Gasteiger partial charge is 0.497 e. The third kappa shape index (κ3) is 4.50. The Morgan fingerprint density at radius 2 is 1.30 bits per heavy atom. The van der Waals surface area contributed by atoms with Crippen LogP contribution >= 0.6 is 0 Å². The van der Waals surface area contributed by atoms with Gasteiger partial charge in [0.1, 0.15) is 17.1 Å². The number of benzene rings is 4. The molecule has 40 heavy (non-hydrogen) atoms. The van der Waals surface area contributed by atoms with Crippen molar-refractivity contribution in [1.29, 1.82) is 0 Å². The molecule has 2 aliphatic heterocycles. The van der Waals surface area contributed by atoms with E-state index >= 15 is 0 Å². The lowest BCUT2D eigenvalue weighted by Crippen LogP contribution is -2.47. The van der Waals surface area contributed by atoms with Gasteiger partial charge in [-0.2, -0.15) is 0 Å². The highest BCUT2D eigenvalue weighted by atomic mass is 16.5. The van der Waals surface area contributed by atoms with E-state index in [1.807, 2.05) is 12.1 Å². The summed E-state index contributed by atoms with van der Waals surface area (Å²) >= 11 is 0. The van der Waals surface area contributed by atoms with Crippen LogP contribution in [-0.2, 0) is 0 Å². The highest BCUT2D eigenvalue weighted by molar-refractivity contribution is 5.73. The van der Waals surface area contributed by atoms with Gasteiger partial charge in [0.25, 0.3) is 0 Å². The molecule has 0 N–H and O–H groups in total. The van der Waals surface area contributed by atoms with Crippen LogP contribution in [0.5, 0.6) is 11.5 Å². The average molecular weight is 533 g/mol. The summed E-state index contributed by atoms with van der Waals surface area (Å²) in [5.74, 6) is 2.15. The molecule has 0 radical (unpaired) electrons. The van der Waals surface area contributed by atoms with Gasteiger partial charge in [-0.05, 0) is 92.3 Å². The summed E-state index contributed by atoms with van der Waals surface area (Å²) in [6.45, 7) is 15.3. The monoisotopic (exact) mass is 532 g/mol. The molecule has 2 heterocycles. The second-order valence-corrected chi connectivity index (χ2v) is 11.8. The Morgan fingerprint density at radius 1 is 0.700 bits per heavy atom. The van der Waals surface area contributed by atoms with Gasteiger partial charge in [0.2, 0.25) is 0 Å². The van der Waals surface area contributed by atoms with Gasteiger partial charge < -0.3 is 19.3 Å². The Kier molecular flexibility index (Phi) is 6.74. The van der Waals surface area contributed by atoms with Crippen LogP contribution in [0, 0.1) is 20.8 Å². The standard InChI is InChI=1S/C36H40N2O2/c1-24-25(2)35-32(26(3)34(24)38-22-20-37(21-23-38)30-16-18-31(39-6)19-17-30)33(36(4,5)40-35)29-14-12-28(13-15-29)27-10-8-7-9-11-27/h7-19,33H,20-23H2,1-6H3. The Bertz CT molecular complexity index is 1500. The zero-order valence-electron chi connectivity index (χ0n) is 24.6. The van der Waals surface area contributed by atoms with Gasteiger partial charge in [-0.3, -0.25) is 0 Å². The van der Waals surface area contributed by atoms with Gasteiger partial charge in [-0.15, -0.1) is 0 Å². The molecule has 6 rings (SSSR count). The van der Waals surface area contributed by atoms with Gasteiger partial charge in [0.15, 0.2) is 0 Å². The number of methoxy groups -OCH3 is 1. The van der Waals surface area contributed by atoms with E-state index in [1.54, 1.807) is 7.11 Å². The molecule has 0 bridgehead atoms. The van der Waals surface area contributed by atoms with Crippen molar-refractivity contribution in [2.24, 2.45) is 0 Å². The molecule has 0 saturated carbocycles. The highest BCUT2D eigenvalue weighted by Crippen LogP contribution is 2.54.